The first kappa shape index (κ1) is 24.7. The summed E-state index contributed by atoms with van der Waals surface area (Å²) in [6.07, 6.45) is 6.33. The molecule has 0 spiro atoms. The molecule has 1 aliphatic heterocycles. The van der Waals surface area contributed by atoms with Crippen LogP contribution in [0.3, 0.4) is 0 Å². The molecule has 5 aromatic rings. The van der Waals surface area contributed by atoms with Crippen molar-refractivity contribution in [2.45, 2.75) is 0 Å². The average Bonchev–Trinajstić information content (AvgIpc) is 3.55. The van der Waals surface area contributed by atoms with Crippen molar-refractivity contribution in [3.05, 3.63) is 106 Å². The summed E-state index contributed by atoms with van der Waals surface area (Å²) in [5.74, 6) is -1.96. The van der Waals surface area contributed by atoms with Gasteiger partial charge >= 0.3 is 5.97 Å². The van der Waals surface area contributed by atoms with Gasteiger partial charge in [-0.3, -0.25) is 24.7 Å². The van der Waals surface area contributed by atoms with Crippen molar-refractivity contribution < 1.29 is 24.0 Å². The number of pyridine rings is 1. The minimum Gasteiger partial charge on any atom is -0.440 e. The SMILES string of the molecule is Cn1cc(C2=C(c3cn(C)c4cc([N+](=O)[O-])ccc34)C(=O)N(COC(=O)c3ccncc3)C2=O)c2ccccc21. The van der Waals surface area contributed by atoms with Crippen LogP contribution in [0.5, 0.6) is 0 Å². The number of carbonyl (C=O) groups excluding carboxylic acids is 3. The predicted molar refractivity (Wildman–Crippen MR) is 146 cm³/mol. The van der Waals surface area contributed by atoms with Crippen LogP contribution in [-0.2, 0) is 28.4 Å². The van der Waals surface area contributed by atoms with Gasteiger partial charge in [0.1, 0.15) is 0 Å². The molecule has 198 valence electrons. The van der Waals surface area contributed by atoms with Crippen LogP contribution in [0.15, 0.2) is 79.4 Å². The Morgan fingerprint density at radius 1 is 0.875 bits per heavy atom. The summed E-state index contributed by atoms with van der Waals surface area (Å²) >= 11 is 0. The monoisotopic (exact) mass is 535 g/mol. The zero-order valence-electron chi connectivity index (χ0n) is 21.4. The Kier molecular flexibility index (Phi) is 5.76. The van der Waals surface area contributed by atoms with Crippen molar-refractivity contribution in [1.82, 2.24) is 19.0 Å². The molecule has 0 atom stereocenters. The van der Waals surface area contributed by atoms with E-state index in [0.717, 1.165) is 15.8 Å². The molecular weight excluding hydrogens is 514 g/mol. The molecule has 6 rings (SSSR count). The van der Waals surface area contributed by atoms with Crippen LogP contribution >= 0.6 is 0 Å². The summed E-state index contributed by atoms with van der Waals surface area (Å²) in [5.41, 5.74) is 2.80. The number of aryl methyl sites for hydroxylation is 2. The minimum atomic E-state index is -0.708. The number of fused-ring (bicyclic) bond motifs is 2. The van der Waals surface area contributed by atoms with Crippen LogP contribution < -0.4 is 0 Å². The van der Waals surface area contributed by atoms with Gasteiger partial charge in [0.15, 0.2) is 6.73 Å². The highest BCUT2D eigenvalue weighted by Crippen LogP contribution is 2.42. The first-order valence-corrected chi connectivity index (χ1v) is 12.2. The van der Waals surface area contributed by atoms with E-state index in [2.05, 4.69) is 4.98 Å². The van der Waals surface area contributed by atoms with Crippen LogP contribution in [0.25, 0.3) is 33.0 Å². The van der Waals surface area contributed by atoms with Gasteiger partial charge < -0.3 is 13.9 Å². The van der Waals surface area contributed by atoms with Crippen molar-refractivity contribution in [3.8, 4) is 0 Å². The van der Waals surface area contributed by atoms with Gasteiger partial charge in [0.05, 0.1) is 27.1 Å². The summed E-state index contributed by atoms with van der Waals surface area (Å²) in [6, 6.07) is 14.8. The number of hydrogen-bond acceptors (Lipinski definition) is 7. The van der Waals surface area contributed by atoms with E-state index < -0.39 is 29.4 Å². The van der Waals surface area contributed by atoms with Crippen LogP contribution in [0.1, 0.15) is 21.5 Å². The molecule has 0 radical (unpaired) electrons. The molecule has 0 bridgehead atoms. The zero-order chi connectivity index (χ0) is 28.1. The zero-order valence-corrected chi connectivity index (χ0v) is 21.4. The van der Waals surface area contributed by atoms with Crippen LogP contribution in [0, 0.1) is 10.1 Å². The van der Waals surface area contributed by atoms with Gasteiger partial charge in [0, 0.05) is 78.4 Å². The fraction of sp³-hybridized carbons (Fsp3) is 0.103. The number of rotatable bonds is 6. The number of aromatic nitrogens is 3. The first-order chi connectivity index (χ1) is 19.3. The number of ether oxygens (including phenoxy) is 1. The lowest BCUT2D eigenvalue weighted by atomic mass is 9.95. The van der Waals surface area contributed by atoms with E-state index in [0.29, 0.717) is 22.0 Å². The lowest BCUT2D eigenvalue weighted by molar-refractivity contribution is -0.384. The average molecular weight is 536 g/mol. The summed E-state index contributed by atoms with van der Waals surface area (Å²) in [6.45, 7) is -0.590. The second-order valence-electron chi connectivity index (χ2n) is 9.37. The lowest BCUT2D eigenvalue weighted by Gasteiger charge is -2.15. The maximum atomic E-state index is 13.9. The Bertz CT molecular complexity index is 1920. The molecule has 4 heterocycles. The largest absolute Gasteiger partial charge is 0.440 e. The number of imide groups is 1. The van der Waals surface area contributed by atoms with Gasteiger partial charge in [-0.05, 0) is 24.3 Å². The second-order valence-corrected chi connectivity index (χ2v) is 9.37. The third-order valence-corrected chi connectivity index (χ3v) is 7.03. The molecule has 40 heavy (non-hydrogen) atoms. The number of non-ortho nitro benzene ring substituents is 1. The topological polar surface area (TPSA) is 130 Å². The fourth-order valence-corrected chi connectivity index (χ4v) is 5.11. The molecule has 3 aromatic heterocycles. The summed E-state index contributed by atoms with van der Waals surface area (Å²) in [4.78, 5) is 56.1. The van der Waals surface area contributed by atoms with Gasteiger partial charge in [-0.25, -0.2) is 9.69 Å². The number of benzene rings is 2. The van der Waals surface area contributed by atoms with E-state index in [1.165, 1.54) is 36.7 Å². The number of nitrogens with zero attached hydrogens (tertiary/aromatic N) is 5. The summed E-state index contributed by atoms with van der Waals surface area (Å²) in [5, 5.41) is 12.7. The van der Waals surface area contributed by atoms with E-state index in [1.54, 1.807) is 30.1 Å². The summed E-state index contributed by atoms with van der Waals surface area (Å²) < 4.78 is 8.90. The van der Waals surface area contributed by atoms with Crippen LogP contribution in [0.4, 0.5) is 5.69 Å². The maximum Gasteiger partial charge on any atom is 0.339 e. The highest BCUT2D eigenvalue weighted by Gasteiger charge is 2.42. The molecule has 11 heteroatoms. The van der Waals surface area contributed by atoms with Gasteiger partial charge in [0.25, 0.3) is 17.5 Å². The first-order valence-electron chi connectivity index (χ1n) is 12.2. The minimum absolute atomic E-state index is 0.0954. The molecule has 2 aromatic carbocycles. The fourth-order valence-electron chi connectivity index (χ4n) is 5.11. The number of esters is 1. The molecule has 0 N–H and O–H groups in total. The number of para-hydroxylation sites is 1. The number of amides is 2. The molecule has 2 amide bonds. The third kappa shape index (κ3) is 3.83. The Morgan fingerprint density at radius 3 is 2.12 bits per heavy atom. The molecule has 0 fully saturated rings. The standard InChI is InChI=1S/C29H21N5O6/c1-31-14-21(19-5-3-4-6-23(19)31)25-26(22-15-32(2)24-13-18(34(38)39)7-8-20(22)24)28(36)33(27(25)35)16-40-29(37)17-9-11-30-12-10-17/h3-15H,16H2,1-2H3. The lowest BCUT2D eigenvalue weighted by Crippen LogP contribution is -2.34. The molecular formula is C29H21N5O6. The normalized spacial score (nSPS) is 13.6. The van der Waals surface area contributed by atoms with Crippen molar-refractivity contribution >= 4 is 56.4 Å². The van der Waals surface area contributed by atoms with E-state index in [-0.39, 0.29) is 22.4 Å². The van der Waals surface area contributed by atoms with E-state index in [9.17, 15) is 24.5 Å². The predicted octanol–water partition coefficient (Wildman–Crippen LogP) is 4.07. The van der Waals surface area contributed by atoms with Gasteiger partial charge in [-0.2, -0.15) is 0 Å². The highest BCUT2D eigenvalue weighted by molar-refractivity contribution is 6.50. The Hall–Kier alpha value is -5.58. The number of nitro benzene ring substituents is 1. The van der Waals surface area contributed by atoms with Crippen molar-refractivity contribution in [2.75, 3.05) is 6.73 Å². The number of hydrogen-bond donors (Lipinski definition) is 0. The Balaban J connectivity index is 1.50. The number of carbonyl (C=O) groups is 3. The molecule has 0 aliphatic carbocycles. The van der Waals surface area contributed by atoms with Crippen molar-refractivity contribution in [3.63, 3.8) is 0 Å². The smallest absolute Gasteiger partial charge is 0.339 e. The van der Waals surface area contributed by atoms with Crippen molar-refractivity contribution in [1.29, 1.82) is 0 Å². The molecule has 0 unspecified atom stereocenters. The Morgan fingerprint density at radius 2 is 1.48 bits per heavy atom. The number of nitro groups is 1. The molecule has 11 nitrogen and oxygen atoms in total. The van der Waals surface area contributed by atoms with Crippen molar-refractivity contribution in [2.24, 2.45) is 14.1 Å². The second kappa shape index (κ2) is 9.31. The van der Waals surface area contributed by atoms with Gasteiger partial charge in [-0.15, -0.1) is 0 Å². The van der Waals surface area contributed by atoms with Gasteiger partial charge in [0.2, 0.25) is 0 Å². The van der Waals surface area contributed by atoms with E-state index in [1.807, 2.05) is 35.9 Å². The van der Waals surface area contributed by atoms with E-state index >= 15 is 0 Å². The highest BCUT2D eigenvalue weighted by atomic mass is 16.6. The molecule has 1 aliphatic rings. The molecule has 0 saturated carbocycles. The quantitative estimate of drug-likeness (QED) is 0.139. The maximum absolute atomic E-state index is 13.9. The molecule has 0 saturated heterocycles. The van der Waals surface area contributed by atoms with Crippen LogP contribution in [0.2, 0.25) is 0 Å². The van der Waals surface area contributed by atoms with Crippen LogP contribution in [-0.4, -0.2) is 48.5 Å². The summed E-state index contributed by atoms with van der Waals surface area (Å²) in [7, 11) is 3.56. The Labute approximate surface area is 226 Å². The third-order valence-electron chi connectivity index (χ3n) is 7.03. The van der Waals surface area contributed by atoms with E-state index in [4.69, 9.17) is 4.74 Å². The van der Waals surface area contributed by atoms with Gasteiger partial charge in [-0.1, -0.05) is 18.2 Å².